The van der Waals surface area contributed by atoms with Crippen molar-refractivity contribution < 1.29 is 9.53 Å². The van der Waals surface area contributed by atoms with Crippen LogP contribution in [0.4, 0.5) is 0 Å². The summed E-state index contributed by atoms with van der Waals surface area (Å²) in [7, 11) is 3.98. The molecule has 5 nitrogen and oxygen atoms in total. The Balaban J connectivity index is 2.67. The molecular weight excluding hydrogens is 298 g/mol. The fourth-order valence-corrected chi connectivity index (χ4v) is 2.00. The van der Waals surface area contributed by atoms with E-state index in [1.165, 1.54) is 0 Å². The van der Waals surface area contributed by atoms with Crippen molar-refractivity contribution in [1.29, 1.82) is 0 Å². The van der Waals surface area contributed by atoms with Crippen LogP contribution in [0, 0.1) is 0 Å². The van der Waals surface area contributed by atoms with Crippen LogP contribution in [0.5, 0.6) is 0 Å². The van der Waals surface area contributed by atoms with Crippen LogP contribution in [0.3, 0.4) is 0 Å². The molecule has 18 heavy (non-hydrogen) atoms. The second kappa shape index (κ2) is 7.66. The van der Waals surface area contributed by atoms with Gasteiger partial charge in [-0.2, -0.15) is 5.10 Å². The molecule has 1 rings (SSSR count). The highest BCUT2D eigenvalue weighted by molar-refractivity contribution is 9.10. The maximum Gasteiger partial charge on any atom is 0.207 e. The Morgan fingerprint density at radius 1 is 1.56 bits per heavy atom. The van der Waals surface area contributed by atoms with Crippen molar-refractivity contribution in [2.45, 2.75) is 19.9 Å². The van der Waals surface area contributed by atoms with Crippen molar-refractivity contribution >= 4 is 21.7 Å². The predicted octanol–water partition coefficient (Wildman–Crippen LogP) is 1.82. The summed E-state index contributed by atoms with van der Waals surface area (Å²) in [4.78, 5) is 14.1. The van der Waals surface area contributed by atoms with E-state index in [9.17, 15) is 4.79 Å². The Hall–Kier alpha value is -0.720. The van der Waals surface area contributed by atoms with Gasteiger partial charge in [0, 0.05) is 13.2 Å². The molecule has 1 heterocycles. The number of carbonyl (C=O) groups is 1. The number of aromatic nitrogens is 2. The number of nitrogens with zero attached hydrogens (tertiary/aromatic N) is 3. The fraction of sp³-hybridized carbons (Fsp3) is 0.667. The average molecular weight is 318 g/mol. The van der Waals surface area contributed by atoms with Crippen LogP contribution in [0.1, 0.15) is 23.8 Å². The van der Waals surface area contributed by atoms with Gasteiger partial charge in [0.1, 0.15) is 12.3 Å². The molecule has 0 aromatic carbocycles. The first kappa shape index (κ1) is 15.3. The molecule has 0 atom stereocenters. The number of rotatable bonds is 8. The Morgan fingerprint density at radius 3 is 2.89 bits per heavy atom. The molecule has 0 radical (unpaired) electrons. The minimum Gasteiger partial charge on any atom is -0.373 e. The van der Waals surface area contributed by atoms with Crippen molar-refractivity contribution in [2.24, 2.45) is 0 Å². The SMILES string of the molecule is CCCOCC(=O)c1c(Br)cnn1CCN(C)C. The zero-order valence-corrected chi connectivity index (χ0v) is 12.7. The number of hydrogen-bond donors (Lipinski definition) is 0. The topological polar surface area (TPSA) is 47.4 Å². The van der Waals surface area contributed by atoms with Gasteiger partial charge in [-0.25, -0.2) is 0 Å². The summed E-state index contributed by atoms with van der Waals surface area (Å²) >= 11 is 3.36. The van der Waals surface area contributed by atoms with Gasteiger partial charge in [0.2, 0.25) is 5.78 Å². The standard InChI is InChI=1S/C12H20BrN3O2/c1-4-7-18-9-11(17)12-10(13)8-14-16(12)6-5-15(2)3/h8H,4-7,9H2,1-3H3. The first-order chi connectivity index (χ1) is 8.56. The van der Waals surface area contributed by atoms with E-state index in [1.807, 2.05) is 21.0 Å². The molecule has 0 aliphatic carbocycles. The Labute approximate surface area is 116 Å². The summed E-state index contributed by atoms with van der Waals surface area (Å²) in [6.07, 6.45) is 2.57. The second-order valence-corrected chi connectivity index (χ2v) is 5.20. The number of ketones is 1. The average Bonchev–Trinajstić information content (AvgIpc) is 2.68. The van der Waals surface area contributed by atoms with Crippen molar-refractivity contribution in [3.8, 4) is 0 Å². The number of hydrogen-bond acceptors (Lipinski definition) is 4. The van der Waals surface area contributed by atoms with E-state index in [2.05, 4.69) is 25.9 Å². The third-order valence-corrected chi connectivity index (χ3v) is 2.98. The van der Waals surface area contributed by atoms with Crippen molar-refractivity contribution in [3.05, 3.63) is 16.4 Å². The molecule has 0 bridgehead atoms. The number of carbonyl (C=O) groups excluding carboxylic acids is 1. The molecule has 0 aliphatic rings. The molecule has 0 aliphatic heterocycles. The van der Waals surface area contributed by atoms with E-state index in [4.69, 9.17) is 4.74 Å². The van der Waals surface area contributed by atoms with Gasteiger partial charge in [-0.05, 0) is 36.4 Å². The molecule has 0 fully saturated rings. The molecule has 6 heteroatoms. The number of ether oxygens (including phenoxy) is 1. The molecule has 1 aromatic rings. The zero-order chi connectivity index (χ0) is 13.5. The highest BCUT2D eigenvalue weighted by Crippen LogP contribution is 2.16. The number of halogens is 1. The summed E-state index contributed by atoms with van der Waals surface area (Å²) in [6.45, 7) is 4.26. The van der Waals surface area contributed by atoms with E-state index in [0.29, 0.717) is 18.8 Å². The summed E-state index contributed by atoms with van der Waals surface area (Å²) in [5.41, 5.74) is 0.591. The molecular formula is C12H20BrN3O2. The van der Waals surface area contributed by atoms with E-state index >= 15 is 0 Å². The van der Waals surface area contributed by atoms with Gasteiger partial charge in [0.15, 0.2) is 0 Å². The molecule has 0 saturated carbocycles. The van der Waals surface area contributed by atoms with Gasteiger partial charge in [-0.3, -0.25) is 9.48 Å². The van der Waals surface area contributed by atoms with Gasteiger partial charge in [-0.1, -0.05) is 6.92 Å². The van der Waals surface area contributed by atoms with Gasteiger partial charge in [0.25, 0.3) is 0 Å². The Morgan fingerprint density at radius 2 is 2.28 bits per heavy atom. The predicted molar refractivity (Wildman–Crippen MR) is 73.9 cm³/mol. The summed E-state index contributed by atoms with van der Waals surface area (Å²) in [6, 6.07) is 0. The van der Waals surface area contributed by atoms with E-state index < -0.39 is 0 Å². The van der Waals surface area contributed by atoms with Gasteiger partial charge >= 0.3 is 0 Å². The minimum atomic E-state index is -0.0356. The number of Topliss-reactive ketones (excluding diaryl/α,β-unsaturated/α-hetero) is 1. The lowest BCUT2D eigenvalue weighted by Crippen LogP contribution is -2.23. The fourth-order valence-electron chi connectivity index (χ4n) is 1.48. The summed E-state index contributed by atoms with van der Waals surface area (Å²) < 4.78 is 7.73. The summed E-state index contributed by atoms with van der Waals surface area (Å²) in [5, 5.41) is 4.20. The third kappa shape index (κ3) is 4.51. The number of likely N-dealkylation sites (N-methyl/N-ethyl adjacent to an activating group) is 1. The third-order valence-electron chi connectivity index (χ3n) is 2.40. The molecule has 1 aromatic heterocycles. The molecule has 0 unspecified atom stereocenters. The molecule has 0 spiro atoms. The van der Waals surface area contributed by atoms with Crippen LogP contribution < -0.4 is 0 Å². The van der Waals surface area contributed by atoms with Crippen LogP contribution >= 0.6 is 15.9 Å². The monoisotopic (exact) mass is 317 g/mol. The van der Waals surface area contributed by atoms with Crippen molar-refractivity contribution in [2.75, 3.05) is 33.9 Å². The van der Waals surface area contributed by atoms with Gasteiger partial charge < -0.3 is 9.64 Å². The Bertz CT molecular complexity index is 391. The first-order valence-corrected chi connectivity index (χ1v) is 6.82. The zero-order valence-electron chi connectivity index (χ0n) is 11.1. The van der Waals surface area contributed by atoms with E-state index in [0.717, 1.165) is 17.4 Å². The van der Waals surface area contributed by atoms with Gasteiger partial charge in [-0.15, -0.1) is 0 Å². The van der Waals surface area contributed by atoms with E-state index in [-0.39, 0.29) is 12.4 Å². The van der Waals surface area contributed by atoms with Crippen LogP contribution in [0.25, 0.3) is 0 Å². The lowest BCUT2D eigenvalue weighted by atomic mass is 10.3. The van der Waals surface area contributed by atoms with Crippen LogP contribution in [-0.2, 0) is 11.3 Å². The van der Waals surface area contributed by atoms with Crippen molar-refractivity contribution in [3.63, 3.8) is 0 Å². The molecule has 0 amide bonds. The quantitative estimate of drug-likeness (QED) is 0.542. The maximum absolute atomic E-state index is 12.0. The van der Waals surface area contributed by atoms with Crippen LogP contribution in [-0.4, -0.2) is 54.3 Å². The van der Waals surface area contributed by atoms with Crippen LogP contribution in [0.2, 0.25) is 0 Å². The lowest BCUT2D eigenvalue weighted by Gasteiger charge is -2.11. The van der Waals surface area contributed by atoms with Crippen molar-refractivity contribution in [1.82, 2.24) is 14.7 Å². The van der Waals surface area contributed by atoms with E-state index in [1.54, 1.807) is 10.9 Å². The highest BCUT2D eigenvalue weighted by Gasteiger charge is 2.17. The maximum atomic E-state index is 12.0. The first-order valence-electron chi connectivity index (χ1n) is 6.03. The van der Waals surface area contributed by atoms with Gasteiger partial charge in [0.05, 0.1) is 17.2 Å². The lowest BCUT2D eigenvalue weighted by molar-refractivity contribution is 0.0749. The minimum absolute atomic E-state index is 0.0356. The molecule has 102 valence electrons. The molecule has 0 N–H and O–H groups in total. The normalized spacial score (nSPS) is 11.2. The highest BCUT2D eigenvalue weighted by atomic mass is 79.9. The largest absolute Gasteiger partial charge is 0.373 e. The molecule has 0 saturated heterocycles. The van der Waals surface area contributed by atoms with Crippen LogP contribution in [0.15, 0.2) is 10.7 Å². The smallest absolute Gasteiger partial charge is 0.207 e. The second-order valence-electron chi connectivity index (χ2n) is 4.34. The summed E-state index contributed by atoms with van der Waals surface area (Å²) in [5.74, 6) is -0.0356. The Kier molecular flexibility index (Phi) is 6.52.